The number of carbonyl (C=O) groups excluding carboxylic acids is 1. The highest BCUT2D eigenvalue weighted by Crippen LogP contribution is 2.30. The molecule has 26 heavy (non-hydrogen) atoms. The molecule has 1 fully saturated rings. The van der Waals surface area contributed by atoms with Gasteiger partial charge in [-0.1, -0.05) is 17.7 Å². The zero-order valence-corrected chi connectivity index (χ0v) is 16.0. The Kier molecular flexibility index (Phi) is 5.11. The summed E-state index contributed by atoms with van der Waals surface area (Å²) < 4.78 is 33.1. The first-order valence-electron chi connectivity index (χ1n) is 8.05. The number of methoxy groups -OCH3 is 1. The molecule has 0 aliphatic heterocycles. The van der Waals surface area contributed by atoms with Crippen LogP contribution in [0, 0.1) is 0 Å². The maximum absolute atomic E-state index is 12.7. The van der Waals surface area contributed by atoms with Crippen molar-refractivity contribution in [1.29, 1.82) is 0 Å². The number of sulfonamides is 1. The van der Waals surface area contributed by atoms with Crippen LogP contribution in [0.2, 0.25) is 5.02 Å². The topological polar surface area (TPSA) is 75.7 Å². The van der Waals surface area contributed by atoms with Crippen LogP contribution in [-0.4, -0.2) is 39.4 Å². The molecule has 6 nitrogen and oxygen atoms in total. The summed E-state index contributed by atoms with van der Waals surface area (Å²) in [5.41, 5.74) is 0.562. The average molecular weight is 395 g/mol. The first kappa shape index (κ1) is 18.5. The third kappa shape index (κ3) is 3.94. The number of nitrogens with one attached hydrogen (secondary N) is 1. The number of benzene rings is 2. The molecule has 0 heterocycles. The van der Waals surface area contributed by atoms with E-state index in [2.05, 4.69) is 4.72 Å². The molecule has 0 unspecified atom stereocenters. The van der Waals surface area contributed by atoms with Gasteiger partial charge in [-0.25, -0.2) is 8.42 Å². The molecule has 138 valence electrons. The van der Waals surface area contributed by atoms with Crippen LogP contribution in [0.15, 0.2) is 47.4 Å². The van der Waals surface area contributed by atoms with E-state index in [4.69, 9.17) is 16.3 Å². The normalized spacial score (nSPS) is 14.0. The van der Waals surface area contributed by atoms with Crippen molar-refractivity contribution in [1.82, 2.24) is 4.90 Å². The van der Waals surface area contributed by atoms with Crippen LogP contribution in [0.25, 0.3) is 0 Å². The number of amides is 1. The monoisotopic (exact) mass is 394 g/mol. The number of halogens is 1. The maximum atomic E-state index is 12.7. The lowest BCUT2D eigenvalue weighted by Crippen LogP contribution is -2.28. The Hall–Kier alpha value is -2.25. The predicted molar refractivity (Wildman–Crippen MR) is 100 cm³/mol. The van der Waals surface area contributed by atoms with Crippen LogP contribution >= 0.6 is 11.6 Å². The summed E-state index contributed by atoms with van der Waals surface area (Å²) in [5.74, 6) is 0.156. The lowest BCUT2D eigenvalue weighted by molar-refractivity contribution is 0.0785. The quantitative estimate of drug-likeness (QED) is 0.814. The Balaban J connectivity index is 1.89. The summed E-state index contributed by atoms with van der Waals surface area (Å²) >= 11 is 5.95. The van der Waals surface area contributed by atoms with Crippen LogP contribution in [0.5, 0.6) is 5.75 Å². The second-order valence-electron chi connectivity index (χ2n) is 6.13. The zero-order chi connectivity index (χ0) is 18.9. The summed E-state index contributed by atoms with van der Waals surface area (Å²) in [7, 11) is -0.737. The lowest BCUT2D eigenvalue weighted by Gasteiger charge is -2.17. The van der Waals surface area contributed by atoms with Gasteiger partial charge in [0.2, 0.25) is 0 Å². The molecule has 0 saturated heterocycles. The zero-order valence-electron chi connectivity index (χ0n) is 14.4. The van der Waals surface area contributed by atoms with Crippen LogP contribution in [0.4, 0.5) is 5.69 Å². The number of carbonyl (C=O) groups is 1. The Bertz CT molecular complexity index is 942. The Labute approximate surface area is 157 Å². The smallest absolute Gasteiger partial charge is 0.262 e. The van der Waals surface area contributed by atoms with Crippen molar-refractivity contribution >= 4 is 33.2 Å². The van der Waals surface area contributed by atoms with Crippen molar-refractivity contribution in [3.05, 3.63) is 53.1 Å². The molecule has 1 saturated carbocycles. The Morgan fingerprint density at radius 1 is 1.23 bits per heavy atom. The van der Waals surface area contributed by atoms with Crippen molar-refractivity contribution in [3.8, 4) is 5.75 Å². The van der Waals surface area contributed by atoms with Gasteiger partial charge in [-0.3, -0.25) is 9.52 Å². The van der Waals surface area contributed by atoms with Gasteiger partial charge >= 0.3 is 0 Å². The summed E-state index contributed by atoms with van der Waals surface area (Å²) in [6, 6.07) is 10.9. The maximum Gasteiger partial charge on any atom is 0.262 e. The van der Waals surface area contributed by atoms with Gasteiger partial charge in [0.25, 0.3) is 15.9 Å². The molecule has 0 radical (unpaired) electrons. The third-order valence-corrected chi connectivity index (χ3v) is 5.81. The Morgan fingerprint density at radius 2 is 1.96 bits per heavy atom. The third-order valence-electron chi connectivity index (χ3n) is 4.21. The van der Waals surface area contributed by atoms with Gasteiger partial charge in [-0.05, 0) is 49.2 Å². The molecule has 8 heteroatoms. The van der Waals surface area contributed by atoms with Gasteiger partial charge in [0, 0.05) is 23.7 Å². The van der Waals surface area contributed by atoms with E-state index < -0.39 is 10.0 Å². The van der Waals surface area contributed by atoms with Gasteiger partial charge in [-0.15, -0.1) is 0 Å². The van der Waals surface area contributed by atoms with Gasteiger partial charge in [0.15, 0.2) is 0 Å². The van der Waals surface area contributed by atoms with Gasteiger partial charge < -0.3 is 9.64 Å². The van der Waals surface area contributed by atoms with E-state index >= 15 is 0 Å². The second kappa shape index (κ2) is 7.17. The van der Waals surface area contributed by atoms with Gasteiger partial charge in [0.05, 0.1) is 17.7 Å². The van der Waals surface area contributed by atoms with Crippen molar-refractivity contribution in [2.24, 2.45) is 0 Å². The van der Waals surface area contributed by atoms with Crippen molar-refractivity contribution in [2.45, 2.75) is 23.8 Å². The summed E-state index contributed by atoms with van der Waals surface area (Å²) in [5, 5.41) is 0.374. The van der Waals surface area contributed by atoms with Crippen LogP contribution in [-0.2, 0) is 10.0 Å². The summed E-state index contributed by atoms with van der Waals surface area (Å²) in [6.45, 7) is 0. The van der Waals surface area contributed by atoms with E-state index in [-0.39, 0.29) is 22.5 Å². The number of hydrogen-bond donors (Lipinski definition) is 1. The van der Waals surface area contributed by atoms with Crippen LogP contribution in [0.3, 0.4) is 0 Å². The SMILES string of the molecule is COc1ccc(Cl)cc1NS(=O)(=O)c1cccc(C(=O)N(C)C2CC2)c1. The first-order valence-corrected chi connectivity index (χ1v) is 9.91. The highest BCUT2D eigenvalue weighted by Gasteiger charge is 2.30. The minimum atomic E-state index is -3.91. The number of anilines is 1. The largest absolute Gasteiger partial charge is 0.495 e. The number of rotatable bonds is 6. The molecule has 1 amide bonds. The fourth-order valence-corrected chi connectivity index (χ4v) is 3.87. The molecule has 2 aromatic carbocycles. The molecule has 1 aliphatic carbocycles. The lowest BCUT2D eigenvalue weighted by atomic mass is 10.2. The Morgan fingerprint density at radius 3 is 2.62 bits per heavy atom. The molecule has 2 aromatic rings. The van der Waals surface area contributed by atoms with Crippen molar-refractivity contribution < 1.29 is 17.9 Å². The molecule has 1 N–H and O–H groups in total. The standard InChI is InChI=1S/C18H19ClN2O4S/c1-21(14-7-8-14)18(22)12-4-3-5-15(10-12)26(23,24)20-16-11-13(19)6-9-17(16)25-2/h3-6,9-11,14,20H,7-8H2,1-2H3. The molecule has 0 atom stereocenters. The van der Waals surface area contributed by atoms with E-state index in [0.717, 1.165) is 12.8 Å². The van der Waals surface area contributed by atoms with E-state index in [1.807, 2.05) is 0 Å². The summed E-state index contributed by atoms with van der Waals surface area (Å²) in [6.07, 6.45) is 1.96. The fraction of sp³-hybridized carbons (Fsp3) is 0.278. The minimum absolute atomic E-state index is 0.00502. The molecular weight excluding hydrogens is 376 g/mol. The van der Waals surface area contributed by atoms with Crippen LogP contribution in [0.1, 0.15) is 23.2 Å². The first-order chi connectivity index (χ1) is 12.3. The number of hydrogen-bond acceptors (Lipinski definition) is 4. The van der Waals surface area contributed by atoms with E-state index in [1.165, 1.54) is 25.3 Å². The van der Waals surface area contributed by atoms with Crippen LogP contribution < -0.4 is 9.46 Å². The fourth-order valence-electron chi connectivity index (χ4n) is 2.59. The highest BCUT2D eigenvalue weighted by molar-refractivity contribution is 7.92. The number of ether oxygens (including phenoxy) is 1. The molecule has 0 aromatic heterocycles. The van der Waals surface area contributed by atoms with Gasteiger partial charge in [-0.2, -0.15) is 0 Å². The molecular formula is C18H19ClN2O4S. The molecule has 1 aliphatic rings. The van der Waals surface area contributed by atoms with Crippen molar-refractivity contribution in [3.63, 3.8) is 0 Å². The summed E-state index contributed by atoms with van der Waals surface area (Å²) in [4.78, 5) is 14.1. The predicted octanol–water partition coefficient (Wildman–Crippen LogP) is 3.38. The van der Waals surface area contributed by atoms with E-state index in [9.17, 15) is 13.2 Å². The van der Waals surface area contributed by atoms with E-state index in [0.29, 0.717) is 16.3 Å². The average Bonchev–Trinajstić information content (AvgIpc) is 3.45. The van der Waals surface area contributed by atoms with Crippen molar-refractivity contribution in [2.75, 3.05) is 18.9 Å². The highest BCUT2D eigenvalue weighted by atomic mass is 35.5. The molecule has 3 rings (SSSR count). The molecule has 0 bridgehead atoms. The minimum Gasteiger partial charge on any atom is -0.495 e. The number of nitrogens with zero attached hydrogens (tertiary/aromatic N) is 1. The second-order valence-corrected chi connectivity index (χ2v) is 8.24. The van der Waals surface area contributed by atoms with Gasteiger partial charge in [0.1, 0.15) is 5.75 Å². The molecule has 0 spiro atoms. The van der Waals surface area contributed by atoms with E-state index in [1.54, 1.807) is 36.2 Å².